The van der Waals surface area contributed by atoms with E-state index in [1.54, 1.807) is 14.2 Å². The Bertz CT molecular complexity index is 638. The van der Waals surface area contributed by atoms with Gasteiger partial charge >= 0.3 is 0 Å². The standard InChI is InChI=1S/C16H18ClNO2/c1-19-14-8-13-12(7-6-11(9-17)18-13)15(16(14)20-2)10-4-3-5-10/h6-8,10H,3-5,9H2,1-2H3. The quantitative estimate of drug-likeness (QED) is 0.789. The molecular weight excluding hydrogens is 274 g/mol. The molecule has 1 aliphatic carbocycles. The average Bonchev–Trinajstić information content (AvgIpc) is 2.44. The Labute approximate surface area is 123 Å². The summed E-state index contributed by atoms with van der Waals surface area (Å²) < 4.78 is 11.1. The maximum Gasteiger partial charge on any atom is 0.164 e. The molecular formula is C16H18ClNO2. The molecule has 1 aromatic heterocycles. The second kappa shape index (κ2) is 5.49. The van der Waals surface area contributed by atoms with Gasteiger partial charge in [0.2, 0.25) is 0 Å². The predicted octanol–water partition coefficient (Wildman–Crippen LogP) is 4.26. The molecule has 0 amide bonds. The molecule has 0 N–H and O–H groups in total. The number of hydrogen-bond acceptors (Lipinski definition) is 3. The van der Waals surface area contributed by atoms with Crippen molar-refractivity contribution in [3.8, 4) is 11.5 Å². The van der Waals surface area contributed by atoms with Crippen molar-refractivity contribution in [1.82, 2.24) is 4.98 Å². The van der Waals surface area contributed by atoms with Gasteiger partial charge in [0.1, 0.15) is 0 Å². The van der Waals surface area contributed by atoms with Crippen LogP contribution in [0.25, 0.3) is 10.9 Å². The number of ether oxygens (including phenoxy) is 2. The molecule has 1 aliphatic rings. The molecule has 0 unspecified atom stereocenters. The van der Waals surface area contributed by atoms with E-state index < -0.39 is 0 Å². The van der Waals surface area contributed by atoms with Crippen molar-refractivity contribution in [3.63, 3.8) is 0 Å². The largest absolute Gasteiger partial charge is 0.493 e. The highest BCUT2D eigenvalue weighted by molar-refractivity contribution is 6.17. The first kappa shape index (κ1) is 13.5. The Balaban J connectivity index is 2.28. The van der Waals surface area contributed by atoms with Crippen molar-refractivity contribution in [2.45, 2.75) is 31.1 Å². The molecule has 4 heteroatoms. The van der Waals surface area contributed by atoms with Gasteiger partial charge in [0, 0.05) is 17.0 Å². The van der Waals surface area contributed by atoms with Crippen molar-refractivity contribution in [2.75, 3.05) is 14.2 Å². The first-order chi connectivity index (χ1) is 9.78. The van der Waals surface area contributed by atoms with Crippen LogP contribution >= 0.6 is 11.6 Å². The van der Waals surface area contributed by atoms with Gasteiger partial charge < -0.3 is 9.47 Å². The number of alkyl halides is 1. The zero-order valence-corrected chi connectivity index (χ0v) is 12.5. The molecule has 1 heterocycles. The van der Waals surface area contributed by atoms with Crippen molar-refractivity contribution in [1.29, 1.82) is 0 Å². The molecule has 1 fully saturated rings. The lowest BCUT2D eigenvalue weighted by Crippen LogP contribution is -2.12. The number of pyridine rings is 1. The Morgan fingerprint density at radius 2 is 2.05 bits per heavy atom. The smallest absolute Gasteiger partial charge is 0.164 e. The number of methoxy groups -OCH3 is 2. The fourth-order valence-electron chi connectivity index (χ4n) is 2.84. The van der Waals surface area contributed by atoms with E-state index in [4.69, 9.17) is 21.1 Å². The van der Waals surface area contributed by atoms with Crippen LogP contribution in [0.5, 0.6) is 11.5 Å². The van der Waals surface area contributed by atoms with Crippen molar-refractivity contribution >= 4 is 22.5 Å². The summed E-state index contributed by atoms with van der Waals surface area (Å²) in [6.07, 6.45) is 3.69. The monoisotopic (exact) mass is 291 g/mol. The summed E-state index contributed by atoms with van der Waals surface area (Å²) in [7, 11) is 3.37. The highest BCUT2D eigenvalue weighted by Gasteiger charge is 2.27. The third kappa shape index (κ3) is 2.10. The molecule has 1 saturated carbocycles. The van der Waals surface area contributed by atoms with Crippen molar-refractivity contribution in [3.05, 3.63) is 29.5 Å². The molecule has 0 radical (unpaired) electrons. The number of nitrogens with zero attached hydrogens (tertiary/aromatic N) is 1. The van der Waals surface area contributed by atoms with Gasteiger partial charge in [0.05, 0.1) is 31.3 Å². The normalized spacial score (nSPS) is 15.2. The number of aromatic nitrogens is 1. The van der Waals surface area contributed by atoms with Crippen LogP contribution in [0.1, 0.15) is 36.4 Å². The molecule has 2 aromatic rings. The first-order valence-corrected chi connectivity index (χ1v) is 7.42. The van der Waals surface area contributed by atoms with Gasteiger partial charge in [-0.05, 0) is 24.8 Å². The van der Waals surface area contributed by atoms with Crippen LogP contribution in [0.2, 0.25) is 0 Å². The Morgan fingerprint density at radius 3 is 2.60 bits per heavy atom. The zero-order chi connectivity index (χ0) is 14.1. The highest BCUT2D eigenvalue weighted by atomic mass is 35.5. The van der Waals surface area contributed by atoms with Crippen molar-refractivity contribution < 1.29 is 9.47 Å². The molecule has 20 heavy (non-hydrogen) atoms. The Morgan fingerprint density at radius 1 is 1.25 bits per heavy atom. The van der Waals surface area contributed by atoms with Crippen LogP contribution in [-0.4, -0.2) is 19.2 Å². The second-order valence-electron chi connectivity index (χ2n) is 5.16. The molecule has 106 valence electrons. The summed E-state index contributed by atoms with van der Waals surface area (Å²) in [5.41, 5.74) is 3.05. The number of fused-ring (bicyclic) bond motifs is 1. The van der Waals surface area contributed by atoms with Crippen LogP contribution in [0, 0.1) is 0 Å². The molecule has 3 rings (SSSR count). The van der Waals surface area contributed by atoms with Crippen molar-refractivity contribution in [2.24, 2.45) is 0 Å². The Hall–Kier alpha value is -1.48. The summed E-state index contributed by atoms with van der Waals surface area (Å²) in [5.74, 6) is 2.57. The summed E-state index contributed by atoms with van der Waals surface area (Å²) in [6.45, 7) is 0. The fraction of sp³-hybridized carbons (Fsp3) is 0.438. The lowest BCUT2D eigenvalue weighted by molar-refractivity contribution is 0.339. The second-order valence-corrected chi connectivity index (χ2v) is 5.42. The van der Waals surface area contributed by atoms with Crippen LogP contribution in [0.15, 0.2) is 18.2 Å². The summed E-state index contributed by atoms with van der Waals surface area (Å²) in [5, 5.41) is 1.15. The summed E-state index contributed by atoms with van der Waals surface area (Å²) in [6, 6.07) is 6.03. The van der Waals surface area contributed by atoms with Crippen LogP contribution in [-0.2, 0) is 5.88 Å². The van der Waals surface area contributed by atoms with Gasteiger partial charge in [-0.3, -0.25) is 4.98 Å². The van der Waals surface area contributed by atoms with E-state index in [1.807, 2.05) is 12.1 Å². The SMILES string of the molecule is COc1cc2nc(CCl)ccc2c(C2CCC2)c1OC. The van der Waals surface area contributed by atoms with E-state index in [2.05, 4.69) is 11.1 Å². The first-order valence-electron chi connectivity index (χ1n) is 6.89. The lowest BCUT2D eigenvalue weighted by atomic mass is 9.78. The van der Waals surface area contributed by atoms with Gasteiger partial charge in [-0.25, -0.2) is 0 Å². The molecule has 1 aromatic carbocycles. The lowest BCUT2D eigenvalue weighted by Gasteiger charge is -2.29. The van der Waals surface area contributed by atoms with E-state index in [0.717, 1.165) is 28.1 Å². The maximum absolute atomic E-state index is 5.88. The van der Waals surface area contributed by atoms with Crippen LogP contribution in [0.4, 0.5) is 0 Å². The zero-order valence-electron chi connectivity index (χ0n) is 11.8. The molecule has 0 bridgehead atoms. The van der Waals surface area contributed by atoms with Crippen LogP contribution < -0.4 is 9.47 Å². The average molecular weight is 292 g/mol. The van der Waals surface area contributed by atoms with Gasteiger partial charge in [-0.2, -0.15) is 0 Å². The van der Waals surface area contributed by atoms with E-state index in [1.165, 1.54) is 24.8 Å². The summed E-state index contributed by atoms with van der Waals surface area (Å²) >= 11 is 5.88. The van der Waals surface area contributed by atoms with E-state index in [-0.39, 0.29) is 0 Å². The number of rotatable bonds is 4. The van der Waals surface area contributed by atoms with E-state index in [0.29, 0.717) is 11.8 Å². The van der Waals surface area contributed by atoms with Gasteiger partial charge in [0.15, 0.2) is 11.5 Å². The third-order valence-electron chi connectivity index (χ3n) is 4.08. The number of benzene rings is 1. The molecule has 0 saturated heterocycles. The van der Waals surface area contributed by atoms with Crippen LogP contribution in [0.3, 0.4) is 0 Å². The fourth-order valence-corrected chi connectivity index (χ4v) is 2.99. The number of halogens is 1. The molecule has 0 aliphatic heterocycles. The van der Waals surface area contributed by atoms with E-state index >= 15 is 0 Å². The topological polar surface area (TPSA) is 31.4 Å². The molecule has 3 nitrogen and oxygen atoms in total. The molecule has 0 spiro atoms. The van der Waals surface area contributed by atoms with Gasteiger partial charge in [0.25, 0.3) is 0 Å². The van der Waals surface area contributed by atoms with Gasteiger partial charge in [-0.1, -0.05) is 12.5 Å². The molecule has 0 atom stereocenters. The summed E-state index contributed by atoms with van der Waals surface area (Å²) in [4.78, 5) is 4.61. The predicted molar refractivity (Wildman–Crippen MR) is 81.0 cm³/mol. The Kier molecular flexibility index (Phi) is 3.70. The van der Waals surface area contributed by atoms with E-state index in [9.17, 15) is 0 Å². The minimum Gasteiger partial charge on any atom is -0.493 e. The third-order valence-corrected chi connectivity index (χ3v) is 4.36. The number of hydrogen-bond donors (Lipinski definition) is 0. The minimum atomic E-state index is 0.420. The highest BCUT2D eigenvalue weighted by Crippen LogP contribution is 2.47. The minimum absolute atomic E-state index is 0.420. The maximum atomic E-state index is 5.88. The van der Waals surface area contributed by atoms with Gasteiger partial charge in [-0.15, -0.1) is 11.6 Å².